The highest BCUT2D eigenvalue weighted by Gasteiger charge is 2.36. The number of carbonyl (C=O) groups is 2. The molecule has 2 amide bonds. The van der Waals surface area contributed by atoms with E-state index in [1.54, 1.807) is 32.4 Å². The number of nitrogens with one attached hydrogen (secondary N) is 1. The molecule has 0 fully saturated rings. The largest absolute Gasteiger partial charge is 0.506 e. The zero-order chi connectivity index (χ0) is 32.5. The molecule has 0 saturated heterocycles. The van der Waals surface area contributed by atoms with Crippen LogP contribution >= 0.6 is 11.6 Å². The van der Waals surface area contributed by atoms with Crippen LogP contribution in [0.5, 0.6) is 17.2 Å². The second-order valence-corrected chi connectivity index (χ2v) is 10.6. The quantitative estimate of drug-likeness (QED) is 0.0675. The normalized spacial score (nSPS) is 12.3. The molecule has 11 heteroatoms. The first-order chi connectivity index (χ1) is 22.5. The fraction of sp³-hybridized carbons (Fsp3) is 0.257. The first-order valence-corrected chi connectivity index (χ1v) is 14.9. The van der Waals surface area contributed by atoms with Crippen LogP contribution in [0.15, 0.2) is 78.9 Å². The fourth-order valence-corrected chi connectivity index (χ4v) is 5.58. The number of ether oxygens (including phenoxy) is 6. The molecule has 46 heavy (non-hydrogen) atoms. The van der Waals surface area contributed by atoms with Crippen molar-refractivity contribution in [1.82, 2.24) is 5.32 Å². The molecule has 0 atom stereocenters. The van der Waals surface area contributed by atoms with Gasteiger partial charge in [0.15, 0.2) is 25.1 Å². The van der Waals surface area contributed by atoms with Crippen molar-refractivity contribution in [3.8, 4) is 28.4 Å². The maximum absolute atomic E-state index is 12.9. The van der Waals surface area contributed by atoms with Gasteiger partial charge in [0.05, 0.1) is 42.6 Å². The summed E-state index contributed by atoms with van der Waals surface area (Å²) in [4.78, 5) is 25.8. The van der Waals surface area contributed by atoms with Gasteiger partial charge in [0.1, 0.15) is 5.75 Å². The molecule has 0 saturated carbocycles. The number of hydrogen-bond donors (Lipinski definition) is 2. The SMILES string of the molecule is COCCOCOc1ccc(-c2c(C(c3ccccc3)c3ccccc3)cc3c(c2O)C(=O)NC3=O)c(Cl)c1OCOCCOC. The molecular weight excluding hydrogens is 614 g/mol. The van der Waals surface area contributed by atoms with E-state index in [1.807, 2.05) is 60.7 Å². The van der Waals surface area contributed by atoms with Gasteiger partial charge in [-0.1, -0.05) is 72.3 Å². The standard InChI is InChI=1S/C35H34ClNO9/c1-41-15-17-43-20-45-27-14-13-24(31(36)33(27)46-21-44-18-16-42-2)29-25(19-26-30(32(29)38)35(40)37-34(26)39)28(22-9-5-3-6-10-22)23-11-7-4-8-12-23/h3-14,19,28,38H,15-18,20-21H2,1-2H3,(H,37,39,40). The van der Waals surface area contributed by atoms with E-state index < -0.39 is 17.7 Å². The predicted molar refractivity (Wildman–Crippen MR) is 171 cm³/mol. The van der Waals surface area contributed by atoms with Gasteiger partial charge in [-0.2, -0.15) is 0 Å². The lowest BCUT2D eigenvalue weighted by Gasteiger charge is -2.25. The van der Waals surface area contributed by atoms with Crippen LogP contribution in [-0.4, -0.2) is 71.2 Å². The summed E-state index contributed by atoms with van der Waals surface area (Å²) in [7, 11) is 3.13. The van der Waals surface area contributed by atoms with Gasteiger partial charge in [0.2, 0.25) is 0 Å². The van der Waals surface area contributed by atoms with E-state index in [9.17, 15) is 14.7 Å². The minimum absolute atomic E-state index is 0.0745. The van der Waals surface area contributed by atoms with E-state index in [1.165, 1.54) is 0 Å². The molecule has 0 aliphatic carbocycles. The molecule has 0 bridgehead atoms. The average molecular weight is 648 g/mol. The molecule has 1 aliphatic rings. The third kappa shape index (κ3) is 7.17. The Balaban J connectivity index is 1.69. The van der Waals surface area contributed by atoms with Crippen LogP contribution in [0, 0.1) is 0 Å². The molecule has 1 aliphatic heterocycles. The smallest absolute Gasteiger partial charge is 0.262 e. The van der Waals surface area contributed by atoms with Crippen molar-refractivity contribution >= 4 is 23.4 Å². The van der Waals surface area contributed by atoms with E-state index in [-0.39, 0.29) is 59.2 Å². The van der Waals surface area contributed by atoms with Crippen LogP contribution in [0.2, 0.25) is 5.02 Å². The number of phenols is 1. The monoisotopic (exact) mass is 647 g/mol. The molecule has 5 rings (SSSR count). The third-order valence-corrected chi connectivity index (χ3v) is 7.76. The molecule has 4 aromatic rings. The van der Waals surface area contributed by atoms with Gasteiger partial charge in [-0.05, 0) is 34.9 Å². The van der Waals surface area contributed by atoms with Gasteiger partial charge >= 0.3 is 0 Å². The molecule has 0 aromatic heterocycles. The highest BCUT2D eigenvalue weighted by molar-refractivity contribution is 6.35. The van der Waals surface area contributed by atoms with E-state index >= 15 is 0 Å². The summed E-state index contributed by atoms with van der Waals surface area (Å²) in [6.45, 7) is 1.05. The maximum Gasteiger partial charge on any atom is 0.262 e. The first-order valence-electron chi connectivity index (χ1n) is 14.5. The van der Waals surface area contributed by atoms with E-state index in [0.717, 1.165) is 11.1 Å². The minimum Gasteiger partial charge on any atom is -0.506 e. The van der Waals surface area contributed by atoms with Crippen LogP contribution in [0.25, 0.3) is 11.1 Å². The zero-order valence-corrected chi connectivity index (χ0v) is 26.2. The number of benzene rings is 4. The number of fused-ring (bicyclic) bond motifs is 1. The minimum atomic E-state index is -0.700. The van der Waals surface area contributed by atoms with Crippen LogP contribution in [0.3, 0.4) is 0 Å². The van der Waals surface area contributed by atoms with Gasteiger partial charge in [0, 0.05) is 31.3 Å². The summed E-state index contributed by atoms with van der Waals surface area (Å²) in [5, 5.41) is 14.2. The molecular formula is C35H34ClNO9. The van der Waals surface area contributed by atoms with Crippen LogP contribution in [0.1, 0.15) is 43.3 Å². The number of phenolic OH excluding ortho intramolecular Hbond substituents is 1. The van der Waals surface area contributed by atoms with Crippen LogP contribution in [0.4, 0.5) is 0 Å². The summed E-state index contributed by atoms with van der Waals surface area (Å²) in [5.41, 5.74) is 2.90. The second kappa shape index (κ2) is 15.7. The van der Waals surface area contributed by atoms with Crippen molar-refractivity contribution in [1.29, 1.82) is 0 Å². The Morgan fingerprint density at radius 3 is 1.89 bits per heavy atom. The van der Waals surface area contributed by atoms with E-state index in [4.69, 9.17) is 40.0 Å². The van der Waals surface area contributed by atoms with Gasteiger partial charge in [-0.15, -0.1) is 0 Å². The van der Waals surface area contributed by atoms with Gasteiger partial charge < -0.3 is 33.5 Å². The highest BCUT2D eigenvalue weighted by atomic mass is 35.5. The van der Waals surface area contributed by atoms with Gasteiger partial charge in [-0.25, -0.2) is 0 Å². The summed E-state index contributed by atoms with van der Waals surface area (Å²) in [6, 6.07) is 24.3. The summed E-state index contributed by atoms with van der Waals surface area (Å²) >= 11 is 7.08. The van der Waals surface area contributed by atoms with Crippen LogP contribution < -0.4 is 14.8 Å². The predicted octanol–water partition coefficient (Wildman–Crippen LogP) is 5.78. The lowest BCUT2D eigenvalue weighted by Crippen LogP contribution is -2.19. The summed E-state index contributed by atoms with van der Waals surface area (Å²) in [6.07, 6.45) is 0. The third-order valence-electron chi connectivity index (χ3n) is 7.39. The summed E-state index contributed by atoms with van der Waals surface area (Å²) in [5.74, 6) is -1.74. The summed E-state index contributed by atoms with van der Waals surface area (Å²) < 4.78 is 32.9. The molecule has 4 aromatic carbocycles. The van der Waals surface area contributed by atoms with Crippen molar-refractivity contribution in [3.05, 3.63) is 112 Å². The van der Waals surface area contributed by atoms with Crippen molar-refractivity contribution in [3.63, 3.8) is 0 Å². The number of halogens is 1. The first kappa shape index (κ1) is 32.9. The average Bonchev–Trinajstić information content (AvgIpc) is 3.36. The number of carbonyl (C=O) groups excluding carboxylic acids is 2. The maximum atomic E-state index is 12.9. The topological polar surface area (TPSA) is 122 Å². The number of hydrogen-bond acceptors (Lipinski definition) is 9. The van der Waals surface area contributed by atoms with Gasteiger partial charge in [0.25, 0.3) is 11.8 Å². The Kier molecular flexibility index (Phi) is 11.2. The second-order valence-electron chi connectivity index (χ2n) is 10.2. The Bertz CT molecular complexity index is 1620. The van der Waals surface area contributed by atoms with Crippen molar-refractivity contribution in [2.24, 2.45) is 0 Å². The Morgan fingerprint density at radius 2 is 1.30 bits per heavy atom. The van der Waals surface area contributed by atoms with Crippen LogP contribution in [-0.2, 0) is 18.9 Å². The fourth-order valence-electron chi connectivity index (χ4n) is 5.27. The highest BCUT2D eigenvalue weighted by Crippen LogP contribution is 2.50. The Hall–Kier alpha value is -4.45. The van der Waals surface area contributed by atoms with E-state index in [2.05, 4.69) is 5.32 Å². The number of imide groups is 1. The Morgan fingerprint density at radius 1 is 0.717 bits per heavy atom. The van der Waals surface area contributed by atoms with Crippen molar-refractivity contribution in [2.45, 2.75) is 5.92 Å². The lowest BCUT2D eigenvalue weighted by atomic mass is 9.79. The molecule has 10 nitrogen and oxygen atoms in total. The number of amides is 2. The lowest BCUT2D eigenvalue weighted by molar-refractivity contribution is -0.0206. The van der Waals surface area contributed by atoms with Crippen molar-refractivity contribution in [2.75, 3.05) is 54.2 Å². The van der Waals surface area contributed by atoms with Gasteiger partial charge in [-0.3, -0.25) is 14.9 Å². The molecule has 240 valence electrons. The molecule has 0 radical (unpaired) electrons. The number of rotatable bonds is 16. The molecule has 1 heterocycles. The molecule has 0 unspecified atom stereocenters. The molecule has 2 N–H and O–H groups in total. The number of aromatic hydroxyl groups is 1. The number of methoxy groups -OCH3 is 2. The Labute approximate surface area is 271 Å². The van der Waals surface area contributed by atoms with Crippen molar-refractivity contribution < 1.29 is 43.1 Å². The zero-order valence-electron chi connectivity index (χ0n) is 25.4. The molecule has 0 spiro atoms. The van der Waals surface area contributed by atoms with E-state index in [0.29, 0.717) is 30.9 Å².